The fourth-order valence-corrected chi connectivity index (χ4v) is 2.66. The maximum atomic E-state index is 11.5. The zero-order valence-corrected chi connectivity index (χ0v) is 13.8. The van der Waals surface area contributed by atoms with Crippen molar-refractivity contribution < 1.29 is 19.4 Å². The van der Waals surface area contributed by atoms with Crippen molar-refractivity contribution >= 4 is 17.8 Å². The van der Waals surface area contributed by atoms with E-state index in [1.807, 2.05) is 13.8 Å². The number of rotatable bonds is 7. The molecule has 3 unspecified atom stereocenters. The maximum Gasteiger partial charge on any atom is 0.331 e. The van der Waals surface area contributed by atoms with Crippen LogP contribution in [-0.2, 0) is 14.3 Å². The number of aliphatic imine (C=N–C) groups is 1. The van der Waals surface area contributed by atoms with Gasteiger partial charge in [-0.1, -0.05) is 13.8 Å². The Hall–Kier alpha value is -2.09. The largest absolute Gasteiger partial charge is 0.478 e. The fraction of sp³-hybridized carbons (Fsp3) is 0.667. The lowest BCUT2D eigenvalue weighted by molar-refractivity contribution is -0.133. The minimum Gasteiger partial charge on any atom is -0.478 e. The Kier molecular flexibility index (Phi) is 7.02. The Bertz CT molecular complexity index is 496. The minimum atomic E-state index is -1.04. The van der Waals surface area contributed by atoms with Crippen LogP contribution in [0.25, 0.3) is 0 Å². The fourth-order valence-electron chi connectivity index (χ4n) is 2.66. The lowest BCUT2D eigenvalue weighted by Gasteiger charge is -2.36. The molecule has 6 N–H and O–H groups in total. The third-order valence-corrected chi connectivity index (χ3v) is 3.78. The van der Waals surface area contributed by atoms with Gasteiger partial charge in [-0.15, -0.1) is 0 Å². The summed E-state index contributed by atoms with van der Waals surface area (Å²) in [6, 6.07) is -1.10. The minimum absolute atomic E-state index is 0.0412. The Morgan fingerprint density at radius 3 is 2.48 bits per heavy atom. The molecule has 130 valence electrons. The number of amides is 1. The molecule has 0 bridgehead atoms. The summed E-state index contributed by atoms with van der Waals surface area (Å²) in [6.45, 7) is 5.36. The first kappa shape index (κ1) is 19.0. The van der Waals surface area contributed by atoms with Gasteiger partial charge in [0.1, 0.15) is 0 Å². The third-order valence-electron chi connectivity index (χ3n) is 3.78. The highest BCUT2D eigenvalue weighted by Crippen LogP contribution is 2.26. The van der Waals surface area contributed by atoms with Gasteiger partial charge in [0.25, 0.3) is 0 Å². The van der Waals surface area contributed by atoms with Crippen LogP contribution in [0.4, 0.5) is 0 Å². The van der Waals surface area contributed by atoms with Gasteiger partial charge in [-0.3, -0.25) is 4.79 Å². The van der Waals surface area contributed by atoms with Crippen LogP contribution >= 0.6 is 0 Å². The summed E-state index contributed by atoms with van der Waals surface area (Å²) < 4.78 is 5.99. The number of carboxylic acids is 1. The van der Waals surface area contributed by atoms with Crippen molar-refractivity contribution in [2.45, 2.75) is 64.3 Å². The molecule has 0 radical (unpaired) electrons. The highest BCUT2D eigenvalue weighted by Gasteiger charge is 2.37. The van der Waals surface area contributed by atoms with E-state index in [0.717, 1.165) is 12.8 Å². The van der Waals surface area contributed by atoms with E-state index in [2.05, 4.69) is 10.3 Å². The second kappa shape index (κ2) is 8.52. The van der Waals surface area contributed by atoms with Crippen molar-refractivity contribution in [3.05, 3.63) is 11.6 Å². The van der Waals surface area contributed by atoms with Crippen LogP contribution in [0, 0.1) is 0 Å². The van der Waals surface area contributed by atoms with Crippen LogP contribution in [0.5, 0.6) is 0 Å². The SMILES string of the molecule is CCC(CC)OC1C=C(C(=O)O)CC(N=C(N)N)C1NC(C)=O. The van der Waals surface area contributed by atoms with Crippen molar-refractivity contribution in [3.8, 4) is 0 Å². The molecule has 1 aliphatic rings. The van der Waals surface area contributed by atoms with Crippen molar-refractivity contribution in [2.75, 3.05) is 0 Å². The molecule has 0 saturated carbocycles. The number of ether oxygens (including phenoxy) is 1. The van der Waals surface area contributed by atoms with E-state index in [1.54, 1.807) is 6.08 Å². The monoisotopic (exact) mass is 326 g/mol. The average Bonchev–Trinajstić information content (AvgIpc) is 2.46. The summed E-state index contributed by atoms with van der Waals surface area (Å²) in [5, 5.41) is 12.1. The first-order valence-electron chi connectivity index (χ1n) is 7.73. The Morgan fingerprint density at radius 1 is 1.43 bits per heavy atom. The first-order valence-corrected chi connectivity index (χ1v) is 7.73. The molecule has 8 heteroatoms. The second-order valence-electron chi connectivity index (χ2n) is 5.59. The predicted molar refractivity (Wildman–Crippen MR) is 86.8 cm³/mol. The Labute approximate surface area is 136 Å². The lowest BCUT2D eigenvalue weighted by Crippen LogP contribution is -2.54. The van der Waals surface area contributed by atoms with E-state index >= 15 is 0 Å². The van der Waals surface area contributed by atoms with Gasteiger partial charge in [-0.2, -0.15) is 0 Å². The van der Waals surface area contributed by atoms with Gasteiger partial charge in [0.2, 0.25) is 5.91 Å². The normalized spacial score (nSPS) is 24.0. The average molecular weight is 326 g/mol. The van der Waals surface area contributed by atoms with E-state index < -0.39 is 24.2 Å². The third kappa shape index (κ3) is 5.55. The van der Waals surface area contributed by atoms with Crippen LogP contribution in [0.2, 0.25) is 0 Å². The Morgan fingerprint density at radius 2 is 2.04 bits per heavy atom. The topological polar surface area (TPSA) is 140 Å². The predicted octanol–water partition coefficient (Wildman–Crippen LogP) is 0.122. The van der Waals surface area contributed by atoms with Crippen LogP contribution in [0.15, 0.2) is 16.6 Å². The second-order valence-corrected chi connectivity index (χ2v) is 5.59. The van der Waals surface area contributed by atoms with E-state index in [1.165, 1.54) is 6.92 Å². The molecular weight excluding hydrogens is 300 g/mol. The quantitative estimate of drug-likeness (QED) is 0.387. The number of guanidine groups is 1. The van der Waals surface area contributed by atoms with Gasteiger partial charge < -0.3 is 26.6 Å². The van der Waals surface area contributed by atoms with Crippen molar-refractivity contribution in [3.63, 3.8) is 0 Å². The number of hydrogen-bond donors (Lipinski definition) is 4. The van der Waals surface area contributed by atoms with Gasteiger partial charge in [0, 0.05) is 18.9 Å². The number of nitrogens with one attached hydrogen (secondary N) is 1. The molecule has 0 aromatic heterocycles. The number of nitrogens with two attached hydrogens (primary N) is 2. The van der Waals surface area contributed by atoms with E-state index in [4.69, 9.17) is 16.2 Å². The van der Waals surface area contributed by atoms with Crippen LogP contribution in [0.1, 0.15) is 40.0 Å². The summed E-state index contributed by atoms with van der Waals surface area (Å²) in [5.74, 6) is -1.45. The molecule has 0 aromatic rings. The number of carbonyl (C=O) groups is 2. The molecule has 0 fully saturated rings. The van der Waals surface area contributed by atoms with Gasteiger partial charge >= 0.3 is 5.97 Å². The smallest absolute Gasteiger partial charge is 0.331 e. The summed E-state index contributed by atoms with van der Waals surface area (Å²) in [4.78, 5) is 27.0. The van der Waals surface area contributed by atoms with Gasteiger partial charge in [0.05, 0.1) is 24.3 Å². The number of nitrogens with zero attached hydrogens (tertiary/aromatic N) is 1. The molecule has 0 spiro atoms. The van der Waals surface area contributed by atoms with Gasteiger partial charge in [0.15, 0.2) is 5.96 Å². The van der Waals surface area contributed by atoms with Crippen molar-refractivity contribution in [1.82, 2.24) is 5.32 Å². The summed E-state index contributed by atoms with van der Waals surface area (Å²) in [7, 11) is 0. The summed E-state index contributed by atoms with van der Waals surface area (Å²) in [5.41, 5.74) is 11.1. The van der Waals surface area contributed by atoms with E-state index in [9.17, 15) is 14.7 Å². The first-order chi connectivity index (χ1) is 10.8. The zero-order valence-electron chi connectivity index (χ0n) is 13.8. The summed E-state index contributed by atoms with van der Waals surface area (Å²) in [6.07, 6.45) is 2.59. The summed E-state index contributed by atoms with van der Waals surface area (Å²) >= 11 is 0. The molecule has 0 aromatic carbocycles. The van der Waals surface area contributed by atoms with Crippen molar-refractivity contribution in [1.29, 1.82) is 0 Å². The van der Waals surface area contributed by atoms with Crippen LogP contribution in [-0.4, -0.2) is 47.2 Å². The molecule has 0 aliphatic heterocycles. The van der Waals surface area contributed by atoms with E-state index in [0.29, 0.717) is 0 Å². The molecule has 1 aliphatic carbocycles. The molecular formula is C15H26N4O4. The van der Waals surface area contributed by atoms with Gasteiger partial charge in [-0.25, -0.2) is 9.79 Å². The molecule has 8 nitrogen and oxygen atoms in total. The number of hydrogen-bond acceptors (Lipinski definition) is 4. The zero-order chi connectivity index (χ0) is 17.6. The molecule has 1 rings (SSSR count). The van der Waals surface area contributed by atoms with Gasteiger partial charge in [-0.05, 0) is 18.9 Å². The maximum absolute atomic E-state index is 11.5. The molecule has 0 heterocycles. The molecule has 3 atom stereocenters. The lowest BCUT2D eigenvalue weighted by atomic mass is 9.88. The van der Waals surface area contributed by atoms with Crippen LogP contribution < -0.4 is 16.8 Å². The number of aliphatic carboxylic acids is 1. The van der Waals surface area contributed by atoms with Crippen molar-refractivity contribution in [2.24, 2.45) is 16.5 Å². The molecule has 1 amide bonds. The highest BCUT2D eigenvalue weighted by atomic mass is 16.5. The Balaban J connectivity index is 3.18. The van der Waals surface area contributed by atoms with E-state index in [-0.39, 0.29) is 30.0 Å². The number of carbonyl (C=O) groups excluding carboxylic acids is 1. The standard InChI is InChI=1S/C15H26N4O4/c1-4-10(5-2)23-12-7-9(14(21)22)6-11(19-15(16)17)13(12)18-8(3)20/h7,10-13H,4-6H2,1-3H3,(H,18,20)(H,21,22)(H4,16,17,19). The molecule has 23 heavy (non-hydrogen) atoms. The molecule has 0 saturated heterocycles. The van der Waals surface area contributed by atoms with Crippen LogP contribution in [0.3, 0.4) is 0 Å². The number of carboxylic acid groups (broad SMARTS) is 1. The highest BCUT2D eigenvalue weighted by molar-refractivity contribution is 5.87.